The van der Waals surface area contributed by atoms with Crippen LogP contribution in [0.2, 0.25) is 0 Å². The average Bonchev–Trinajstić information content (AvgIpc) is 3.66. The number of halogens is 1. The molecule has 12 nitrogen and oxygen atoms in total. The van der Waals surface area contributed by atoms with E-state index in [1.165, 1.54) is 101 Å². The molecule has 3 rings (SSSR count). The molecule has 13 heteroatoms. The van der Waals surface area contributed by atoms with Crippen molar-refractivity contribution in [2.45, 2.75) is 174 Å². The van der Waals surface area contributed by atoms with Crippen LogP contribution in [0.5, 0.6) is 0 Å². The van der Waals surface area contributed by atoms with Crippen LogP contribution < -0.4 is 5.73 Å². The third-order valence-corrected chi connectivity index (χ3v) is 9.38. The highest BCUT2D eigenvalue weighted by molar-refractivity contribution is 5.81. The maximum absolute atomic E-state index is 14.1. The van der Waals surface area contributed by atoms with Gasteiger partial charge in [0.05, 0.1) is 19.5 Å². The van der Waals surface area contributed by atoms with E-state index in [2.05, 4.69) is 28.8 Å². The van der Waals surface area contributed by atoms with Crippen LogP contribution >= 0.6 is 0 Å². The molecule has 284 valence electrons. The van der Waals surface area contributed by atoms with Gasteiger partial charge in [-0.15, -0.1) is 0 Å². The minimum absolute atomic E-state index is 0.108. The summed E-state index contributed by atoms with van der Waals surface area (Å²) in [7, 11) is 0. The number of fused-ring (bicyclic) bond motifs is 1. The van der Waals surface area contributed by atoms with E-state index in [1.807, 2.05) is 0 Å². The number of nitrogen functional groups attached to an aromatic ring is 1. The fourth-order valence-corrected chi connectivity index (χ4v) is 6.34. The van der Waals surface area contributed by atoms with Crippen molar-refractivity contribution in [2.75, 3.05) is 25.6 Å². The monoisotopic (exact) mass is 707 g/mol. The molecule has 0 aromatic carbocycles. The fourth-order valence-electron chi connectivity index (χ4n) is 6.34. The van der Waals surface area contributed by atoms with Crippen molar-refractivity contribution >= 4 is 29.3 Å². The Hall–Kier alpha value is -3.22. The molecule has 0 unspecified atom stereocenters. The third kappa shape index (κ3) is 14.6. The lowest BCUT2D eigenvalue weighted by Crippen LogP contribution is -2.44. The molecule has 1 aliphatic heterocycles. The van der Waals surface area contributed by atoms with Crippen LogP contribution in [0.25, 0.3) is 11.2 Å². The van der Waals surface area contributed by atoms with E-state index in [9.17, 15) is 14.0 Å². The van der Waals surface area contributed by atoms with E-state index in [0.29, 0.717) is 0 Å². The second-order valence-corrected chi connectivity index (χ2v) is 13.8. The molecular weight excluding hydrogens is 645 g/mol. The number of anilines is 1. The molecule has 2 aromatic rings. The zero-order chi connectivity index (χ0) is 36.0. The largest absolute Gasteiger partial charge is 0.508 e. The van der Waals surface area contributed by atoms with Crippen molar-refractivity contribution in [3.63, 3.8) is 0 Å². The van der Waals surface area contributed by atoms with Gasteiger partial charge in [-0.3, -0.25) is 4.57 Å². The summed E-state index contributed by atoms with van der Waals surface area (Å²) in [6, 6.07) is 0. The molecule has 50 heavy (non-hydrogen) atoms. The molecule has 0 amide bonds. The molecule has 2 N–H and O–H groups in total. The summed E-state index contributed by atoms with van der Waals surface area (Å²) in [5, 5.41) is 0. The summed E-state index contributed by atoms with van der Waals surface area (Å²) < 4.78 is 43.7. The van der Waals surface area contributed by atoms with Gasteiger partial charge < -0.3 is 29.4 Å². The number of rotatable bonds is 26. The Labute approximate surface area is 297 Å². The first-order valence-electron chi connectivity index (χ1n) is 19.2. The van der Waals surface area contributed by atoms with Gasteiger partial charge in [0.15, 0.2) is 17.0 Å². The molecule has 0 radical (unpaired) electrons. The number of carbonyl (C=O) groups excluding carboxylic acids is 2. The topological polar surface area (TPSA) is 150 Å². The maximum atomic E-state index is 14.1. The van der Waals surface area contributed by atoms with Crippen LogP contribution in [0.3, 0.4) is 0 Å². The average molecular weight is 708 g/mol. The summed E-state index contributed by atoms with van der Waals surface area (Å²) in [6.45, 7) is 6.37. The number of ether oxygens (including phenoxy) is 5. The standard InChI is InChI=1S/C37H62FN5O7/c1-4-6-8-10-12-14-16-18-20-22-24-46-35(44)48-27-37(3)29(49-36(45)47-25-23-21-19-17-15-13-11-9-7-5-2)26-30(50-37)43-28-40-31-32(39)41-34(38)42-33(31)43/h28-30H,4-27H2,1-3H3,(H2,39,41,42)/t29-,30+,37+/m0/s1. The number of hydrogen-bond donors (Lipinski definition) is 1. The highest BCUT2D eigenvalue weighted by atomic mass is 19.1. The zero-order valence-electron chi connectivity index (χ0n) is 30.8. The van der Waals surface area contributed by atoms with Gasteiger partial charge in [-0.05, 0) is 19.8 Å². The normalized spacial score (nSPS) is 18.8. The SMILES string of the molecule is CCCCCCCCCCCCOC(=O)OC[C@@]1(C)O[C@@H](n2cnc3c(N)nc(F)nc32)C[C@@H]1OC(=O)OCCCCCCCCCCCC. The Morgan fingerprint density at radius 2 is 1.30 bits per heavy atom. The van der Waals surface area contributed by atoms with Gasteiger partial charge in [0.2, 0.25) is 0 Å². The van der Waals surface area contributed by atoms with Crippen molar-refractivity contribution in [1.29, 1.82) is 0 Å². The molecule has 0 aliphatic carbocycles. The summed E-state index contributed by atoms with van der Waals surface area (Å²) in [5.74, 6) is -0.108. The summed E-state index contributed by atoms with van der Waals surface area (Å²) in [4.78, 5) is 36.9. The van der Waals surface area contributed by atoms with E-state index in [4.69, 9.17) is 29.4 Å². The van der Waals surface area contributed by atoms with Crippen LogP contribution in [0.15, 0.2) is 6.33 Å². The van der Waals surface area contributed by atoms with E-state index in [-0.39, 0.29) is 43.2 Å². The molecule has 1 fully saturated rings. The predicted octanol–water partition coefficient (Wildman–Crippen LogP) is 9.74. The first kappa shape index (κ1) is 41.2. The Morgan fingerprint density at radius 3 is 1.84 bits per heavy atom. The Bertz CT molecular complexity index is 1260. The molecular formula is C37H62FN5O7. The van der Waals surface area contributed by atoms with E-state index < -0.39 is 36.3 Å². The van der Waals surface area contributed by atoms with Crippen LogP contribution in [-0.2, 0) is 23.7 Å². The fraction of sp³-hybridized carbons (Fsp3) is 0.811. The van der Waals surface area contributed by atoms with Crippen molar-refractivity contribution in [3.05, 3.63) is 12.4 Å². The van der Waals surface area contributed by atoms with Gasteiger partial charge in [-0.1, -0.05) is 129 Å². The van der Waals surface area contributed by atoms with E-state index in [1.54, 1.807) is 6.92 Å². The number of hydrogen-bond acceptors (Lipinski definition) is 11. The summed E-state index contributed by atoms with van der Waals surface area (Å²) >= 11 is 0. The van der Waals surface area contributed by atoms with Gasteiger partial charge in [-0.2, -0.15) is 14.4 Å². The summed E-state index contributed by atoms with van der Waals surface area (Å²) in [5.41, 5.74) is 4.91. The molecule has 1 aliphatic rings. The van der Waals surface area contributed by atoms with E-state index in [0.717, 1.165) is 38.5 Å². The predicted molar refractivity (Wildman–Crippen MR) is 190 cm³/mol. The molecule has 1 saturated heterocycles. The molecule has 3 heterocycles. The molecule has 3 atom stereocenters. The number of carbonyl (C=O) groups is 2. The molecule has 0 bridgehead atoms. The highest BCUT2D eigenvalue weighted by Gasteiger charge is 2.50. The number of imidazole rings is 1. The van der Waals surface area contributed by atoms with Crippen LogP contribution in [0, 0.1) is 6.08 Å². The Morgan fingerprint density at radius 1 is 0.800 bits per heavy atom. The lowest BCUT2D eigenvalue weighted by atomic mass is 10.00. The molecule has 0 spiro atoms. The first-order chi connectivity index (χ1) is 24.3. The number of nitrogens with zero attached hydrogens (tertiary/aromatic N) is 4. The summed E-state index contributed by atoms with van der Waals surface area (Å²) in [6.07, 6.45) is 20.7. The van der Waals surface area contributed by atoms with Crippen LogP contribution in [-0.4, -0.2) is 63.4 Å². The van der Waals surface area contributed by atoms with Crippen molar-refractivity contribution in [1.82, 2.24) is 19.5 Å². The van der Waals surface area contributed by atoms with E-state index >= 15 is 0 Å². The van der Waals surface area contributed by atoms with Crippen molar-refractivity contribution in [3.8, 4) is 0 Å². The van der Waals surface area contributed by atoms with Crippen LogP contribution in [0.1, 0.15) is 162 Å². The number of aromatic nitrogens is 4. The number of unbranched alkanes of at least 4 members (excludes halogenated alkanes) is 18. The van der Waals surface area contributed by atoms with Crippen LogP contribution in [0.4, 0.5) is 19.8 Å². The number of nitrogens with two attached hydrogens (primary N) is 1. The van der Waals surface area contributed by atoms with Gasteiger partial charge in [0.25, 0.3) is 0 Å². The lowest BCUT2D eigenvalue weighted by Gasteiger charge is -2.29. The maximum Gasteiger partial charge on any atom is 0.508 e. The smallest absolute Gasteiger partial charge is 0.434 e. The van der Waals surface area contributed by atoms with Crippen molar-refractivity contribution < 1.29 is 37.7 Å². The molecule has 2 aromatic heterocycles. The minimum Gasteiger partial charge on any atom is -0.434 e. The second kappa shape index (κ2) is 23.3. The minimum atomic E-state index is -1.27. The van der Waals surface area contributed by atoms with Crippen molar-refractivity contribution in [2.24, 2.45) is 0 Å². The third-order valence-electron chi connectivity index (χ3n) is 9.38. The quantitative estimate of drug-likeness (QED) is 0.0565. The highest BCUT2D eigenvalue weighted by Crippen LogP contribution is 2.40. The van der Waals surface area contributed by atoms with Gasteiger partial charge in [0.1, 0.15) is 24.5 Å². The first-order valence-corrected chi connectivity index (χ1v) is 19.2. The second-order valence-electron chi connectivity index (χ2n) is 13.8. The van der Waals surface area contributed by atoms with Gasteiger partial charge in [-0.25, -0.2) is 14.6 Å². The Kier molecular flexibility index (Phi) is 19.2. The van der Waals surface area contributed by atoms with Gasteiger partial charge >= 0.3 is 18.4 Å². The zero-order valence-corrected chi connectivity index (χ0v) is 30.8. The molecule has 0 saturated carbocycles. The van der Waals surface area contributed by atoms with Gasteiger partial charge in [0, 0.05) is 6.42 Å². The Balaban J connectivity index is 1.46. The lowest BCUT2D eigenvalue weighted by molar-refractivity contribution is -0.127.